The van der Waals surface area contributed by atoms with Crippen molar-refractivity contribution in [3.63, 3.8) is 0 Å². The Balaban J connectivity index is 1.69. The van der Waals surface area contributed by atoms with Gasteiger partial charge in [-0.3, -0.25) is 19.2 Å². The largest absolute Gasteiger partial charge is 0.292 e. The Morgan fingerprint density at radius 1 is 0.805 bits per heavy atom. The second-order valence-electron chi connectivity index (χ2n) is 12.0. The first-order valence-corrected chi connectivity index (χ1v) is 15.7. The molecule has 6 rings (SSSR count). The van der Waals surface area contributed by atoms with E-state index < -0.39 is 0 Å². The highest BCUT2D eigenvalue weighted by Gasteiger charge is 2.42. The fourth-order valence-electron chi connectivity index (χ4n) is 7.18. The number of benzene rings is 3. The Morgan fingerprint density at radius 2 is 1.46 bits per heavy atom. The van der Waals surface area contributed by atoms with E-state index in [0.717, 1.165) is 60.0 Å². The lowest BCUT2D eigenvalue weighted by atomic mass is 9.88. The molecule has 0 bridgehead atoms. The summed E-state index contributed by atoms with van der Waals surface area (Å²) in [5.41, 5.74) is 3.89. The lowest BCUT2D eigenvalue weighted by molar-refractivity contribution is 0.000814. The molecule has 0 aliphatic carbocycles. The number of fused-ring (bicyclic) bond motifs is 1. The lowest BCUT2D eigenvalue weighted by Gasteiger charge is -2.49. The molecule has 0 radical (unpaired) electrons. The molecule has 41 heavy (non-hydrogen) atoms. The fourth-order valence-corrected chi connectivity index (χ4v) is 7.38. The minimum Gasteiger partial charge on any atom is -0.292 e. The van der Waals surface area contributed by atoms with Crippen molar-refractivity contribution < 1.29 is 0 Å². The number of piperidine rings is 2. The van der Waals surface area contributed by atoms with Gasteiger partial charge in [-0.1, -0.05) is 66.9 Å². The monoisotopic (exact) mass is 568 g/mol. The maximum Gasteiger partial charge on any atom is 0.266 e. The first kappa shape index (κ1) is 28.1. The Hall–Kier alpha value is -2.99. The summed E-state index contributed by atoms with van der Waals surface area (Å²) in [6.07, 6.45) is 7.07. The van der Waals surface area contributed by atoms with Crippen LogP contribution in [0.4, 0.5) is 0 Å². The van der Waals surface area contributed by atoms with Crippen LogP contribution in [-0.2, 0) is 0 Å². The van der Waals surface area contributed by atoms with Gasteiger partial charge in [0.1, 0.15) is 5.82 Å². The fraction of sp³-hybridized carbons (Fsp3) is 0.429. The van der Waals surface area contributed by atoms with Gasteiger partial charge in [0.2, 0.25) is 0 Å². The molecule has 4 unspecified atom stereocenters. The summed E-state index contributed by atoms with van der Waals surface area (Å²) in [7, 11) is 0. The zero-order valence-electron chi connectivity index (χ0n) is 24.5. The smallest absolute Gasteiger partial charge is 0.266 e. The van der Waals surface area contributed by atoms with E-state index >= 15 is 0 Å². The van der Waals surface area contributed by atoms with Gasteiger partial charge in [-0.2, -0.15) is 0 Å². The van der Waals surface area contributed by atoms with Gasteiger partial charge in [0.15, 0.2) is 0 Å². The van der Waals surface area contributed by atoms with E-state index in [1.807, 2.05) is 47.0 Å². The van der Waals surface area contributed by atoms with Crippen molar-refractivity contribution in [2.75, 3.05) is 13.1 Å². The average Bonchev–Trinajstić information content (AvgIpc) is 2.98. The number of para-hydroxylation sites is 2. The molecule has 3 heterocycles. The predicted octanol–water partition coefficient (Wildman–Crippen LogP) is 7.88. The standard InChI is InChI=1S/C35H41ClN4O/c1-24-13-4-7-20-31(24)40-34(37-30-19-6-5-18-29(30)35(40)41)33(39-22-11-9-15-26(39)3)32(27-16-12-17-28(36)23-27)38-21-10-8-14-25(38)2/h4-7,12-13,16-20,23,25-26,32-33H,8-11,14-15,21-22H2,1-3H3. The second-order valence-corrected chi connectivity index (χ2v) is 12.5. The van der Waals surface area contributed by atoms with E-state index in [0.29, 0.717) is 17.5 Å². The minimum atomic E-state index is -0.138. The number of hydrogen-bond acceptors (Lipinski definition) is 4. The highest BCUT2D eigenvalue weighted by molar-refractivity contribution is 6.30. The van der Waals surface area contributed by atoms with Crippen molar-refractivity contribution in [3.8, 4) is 5.69 Å². The molecule has 4 aromatic rings. The maximum absolute atomic E-state index is 14.5. The first-order chi connectivity index (χ1) is 19.9. The first-order valence-electron chi connectivity index (χ1n) is 15.3. The van der Waals surface area contributed by atoms with Crippen molar-refractivity contribution >= 4 is 22.5 Å². The third-order valence-electron chi connectivity index (χ3n) is 9.34. The number of hydrogen-bond donors (Lipinski definition) is 0. The zero-order chi connectivity index (χ0) is 28.5. The molecule has 1 aromatic heterocycles. The van der Waals surface area contributed by atoms with Gasteiger partial charge in [0.25, 0.3) is 5.56 Å². The van der Waals surface area contributed by atoms with Gasteiger partial charge < -0.3 is 0 Å². The lowest BCUT2D eigenvalue weighted by Crippen LogP contribution is -2.51. The van der Waals surface area contributed by atoms with Crippen molar-refractivity contribution in [2.45, 2.75) is 83.5 Å². The van der Waals surface area contributed by atoms with Crippen LogP contribution >= 0.6 is 11.6 Å². The van der Waals surface area contributed by atoms with Crippen LogP contribution in [0, 0.1) is 6.92 Å². The molecule has 2 saturated heterocycles. The number of aryl methyl sites for hydroxylation is 1. The number of halogens is 1. The molecular formula is C35H41ClN4O. The maximum atomic E-state index is 14.5. The summed E-state index contributed by atoms with van der Waals surface area (Å²) >= 11 is 6.68. The summed E-state index contributed by atoms with van der Waals surface area (Å²) in [4.78, 5) is 25.2. The van der Waals surface area contributed by atoms with E-state index in [2.05, 4.69) is 60.9 Å². The molecule has 5 nitrogen and oxygen atoms in total. The molecule has 0 amide bonds. The highest BCUT2D eigenvalue weighted by Crippen LogP contribution is 2.44. The van der Waals surface area contributed by atoms with E-state index in [9.17, 15) is 4.79 Å². The Bertz CT molecular complexity index is 1580. The van der Waals surface area contributed by atoms with Crippen LogP contribution in [0.3, 0.4) is 0 Å². The average molecular weight is 569 g/mol. The Labute approximate surface area is 248 Å². The Morgan fingerprint density at radius 3 is 2.15 bits per heavy atom. The van der Waals surface area contributed by atoms with Crippen LogP contribution in [0.5, 0.6) is 0 Å². The van der Waals surface area contributed by atoms with Gasteiger partial charge in [0, 0.05) is 17.1 Å². The number of aromatic nitrogens is 2. The van der Waals surface area contributed by atoms with E-state index in [-0.39, 0.29) is 17.6 Å². The summed E-state index contributed by atoms with van der Waals surface area (Å²) in [6.45, 7) is 8.77. The van der Waals surface area contributed by atoms with Gasteiger partial charge >= 0.3 is 0 Å². The van der Waals surface area contributed by atoms with Crippen molar-refractivity contribution in [1.29, 1.82) is 0 Å². The quantitative estimate of drug-likeness (QED) is 0.237. The number of rotatable bonds is 6. The van der Waals surface area contributed by atoms with E-state index in [1.54, 1.807) is 0 Å². The number of likely N-dealkylation sites (tertiary alicyclic amines) is 2. The zero-order valence-corrected chi connectivity index (χ0v) is 25.2. The van der Waals surface area contributed by atoms with Gasteiger partial charge in [-0.15, -0.1) is 0 Å². The van der Waals surface area contributed by atoms with Crippen molar-refractivity contribution in [3.05, 3.63) is 105 Å². The van der Waals surface area contributed by atoms with Crippen LogP contribution in [0.2, 0.25) is 5.02 Å². The van der Waals surface area contributed by atoms with Crippen LogP contribution in [0.15, 0.2) is 77.6 Å². The van der Waals surface area contributed by atoms with E-state index in [1.165, 1.54) is 24.8 Å². The molecule has 2 fully saturated rings. The SMILES string of the molecule is Cc1ccccc1-n1c(C(C(c2cccc(Cl)c2)N2CCCCC2C)N2CCCCC2C)nc2ccccc2c1=O. The number of nitrogens with zero attached hydrogens (tertiary/aromatic N) is 4. The molecule has 4 atom stereocenters. The summed E-state index contributed by atoms with van der Waals surface area (Å²) in [5, 5.41) is 1.39. The molecule has 214 valence electrons. The van der Waals surface area contributed by atoms with Gasteiger partial charge in [-0.05, 0) is 101 Å². The van der Waals surface area contributed by atoms with Crippen LogP contribution < -0.4 is 5.56 Å². The third kappa shape index (κ3) is 5.48. The van der Waals surface area contributed by atoms with Gasteiger partial charge in [0.05, 0.1) is 28.7 Å². The minimum absolute atomic E-state index is 0.00659. The predicted molar refractivity (Wildman–Crippen MR) is 169 cm³/mol. The molecule has 0 spiro atoms. The molecular weight excluding hydrogens is 528 g/mol. The Kier molecular flexibility index (Phi) is 8.30. The third-order valence-corrected chi connectivity index (χ3v) is 9.57. The summed E-state index contributed by atoms with van der Waals surface area (Å²) in [6, 6.07) is 25.0. The van der Waals surface area contributed by atoms with Crippen LogP contribution in [0.1, 0.15) is 81.4 Å². The topological polar surface area (TPSA) is 41.4 Å². The molecule has 2 aliphatic heterocycles. The van der Waals surface area contributed by atoms with Gasteiger partial charge in [-0.25, -0.2) is 4.98 Å². The summed E-state index contributed by atoms with van der Waals surface area (Å²) < 4.78 is 1.93. The molecule has 0 N–H and O–H groups in total. The summed E-state index contributed by atoms with van der Waals surface area (Å²) in [5.74, 6) is 0.819. The molecule has 6 heteroatoms. The van der Waals surface area contributed by atoms with Crippen molar-refractivity contribution in [1.82, 2.24) is 19.4 Å². The molecule has 2 aliphatic rings. The molecule has 0 saturated carbocycles. The second kappa shape index (κ2) is 12.1. The van der Waals surface area contributed by atoms with Crippen molar-refractivity contribution in [2.24, 2.45) is 0 Å². The van der Waals surface area contributed by atoms with Crippen LogP contribution in [-0.4, -0.2) is 44.5 Å². The normalized spacial score (nSPS) is 22.0. The molecule has 3 aromatic carbocycles. The highest BCUT2D eigenvalue weighted by atomic mass is 35.5. The van der Waals surface area contributed by atoms with Crippen LogP contribution in [0.25, 0.3) is 16.6 Å². The van der Waals surface area contributed by atoms with E-state index in [4.69, 9.17) is 16.6 Å².